The van der Waals surface area contributed by atoms with Gasteiger partial charge in [-0.25, -0.2) is 4.79 Å². The third-order valence-corrected chi connectivity index (χ3v) is 4.04. The van der Waals surface area contributed by atoms with Crippen molar-refractivity contribution in [3.8, 4) is 0 Å². The molecule has 0 aliphatic carbocycles. The number of piperidine rings is 1. The second-order valence-electron chi connectivity index (χ2n) is 6.77. The third kappa shape index (κ3) is 2.97. The number of likely N-dealkylation sites (tertiary alicyclic amines) is 2. The summed E-state index contributed by atoms with van der Waals surface area (Å²) < 4.78 is 5.42. The van der Waals surface area contributed by atoms with E-state index in [1.54, 1.807) is 0 Å². The number of amides is 1. The van der Waals surface area contributed by atoms with Gasteiger partial charge < -0.3 is 14.5 Å². The van der Waals surface area contributed by atoms with Gasteiger partial charge >= 0.3 is 6.09 Å². The molecule has 0 aromatic carbocycles. The monoisotopic (exact) mass is 254 g/mol. The summed E-state index contributed by atoms with van der Waals surface area (Å²) in [6.07, 6.45) is 2.11. The lowest BCUT2D eigenvalue weighted by molar-refractivity contribution is -0.0487. The van der Waals surface area contributed by atoms with Gasteiger partial charge in [-0.15, -0.1) is 0 Å². The summed E-state index contributed by atoms with van der Waals surface area (Å²) in [7, 11) is 0. The Bertz CT molecular complexity index is 306. The van der Waals surface area contributed by atoms with Gasteiger partial charge in [0.25, 0.3) is 0 Å². The van der Waals surface area contributed by atoms with Gasteiger partial charge in [0, 0.05) is 26.2 Å². The van der Waals surface area contributed by atoms with Gasteiger partial charge in [-0.1, -0.05) is 6.92 Å². The number of hydrogen-bond acceptors (Lipinski definition) is 3. The lowest BCUT2D eigenvalue weighted by Gasteiger charge is -2.53. The van der Waals surface area contributed by atoms with Crippen molar-refractivity contribution >= 4 is 6.09 Å². The summed E-state index contributed by atoms with van der Waals surface area (Å²) in [6.45, 7) is 13.3. The van der Waals surface area contributed by atoms with Crippen LogP contribution < -0.4 is 0 Å². The van der Waals surface area contributed by atoms with E-state index in [9.17, 15) is 4.79 Å². The molecule has 0 aromatic heterocycles. The summed E-state index contributed by atoms with van der Waals surface area (Å²) in [4.78, 5) is 16.3. The maximum Gasteiger partial charge on any atom is 0.410 e. The van der Waals surface area contributed by atoms with Crippen LogP contribution in [-0.2, 0) is 4.74 Å². The smallest absolute Gasteiger partial charge is 0.410 e. The molecule has 104 valence electrons. The zero-order valence-electron chi connectivity index (χ0n) is 12.2. The molecular formula is C14H26N2O2. The van der Waals surface area contributed by atoms with Gasteiger partial charge in [0.05, 0.1) is 0 Å². The molecule has 0 N–H and O–H groups in total. The molecule has 2 aliphatic rings. The minimum Gasteiger partial charge on any atom is -0.444 e. The lowest BCUT2D eigenvalue weighted by Crippen LogP contribution is -2.60. The van der Waals surface area contributed by atoms with Crippen molar-refractivity contribution in [1.82, 2.24) is 9.80 Å². The Morgan fingerprint density at radius 3 is 2.22 bits per heavy atom. The molecule has 4 nitrogen and oxygen atoms in total. The second-order valence-corrected chi connectivity index (χ2v) is 6.77. The van der Waals surface area contributed by atoms with Gasteiger partial charge in [0.2, 0.25) is 0 Å². The van der Waals surface area contributed by atoms with Crippen LogP contribution in [0.25, 0.3) is 0 Å². The summed E-state index contributed by atoms with van der Waals surface area (Å²) in [5, 5.41) is 0. The Labute approximate surface area is 110 Å². The van der Waals surface area contributed by atoms with Crippen molar-refractivity contribution < 1.29 is 9.53 Å². The van der Waals surface area contributed by atoms with Gasteiger partial charge in [0.15, 0.2) is 0 Å². The van der Waals surface area contributed by atoms with Gasteiger partial charge in [-0.3, -0.25) is 0 Å². The SMILES string of the molecule is CCN1CC2(CCN(C(=O)OC(C)(C)C)CC2)C1. The quantitative estimate of drug-likeness (QED) is 0.720. The number of hydrogen-bond donors (Lipinski definition) is 0. The van der Waals surface area contributed by atoms with Crippen LogP contribution in [0.5, 0.6) is 0 Å². The fraction of sp³-hybridized carbons (Fsp3) is 0.929. The average molecular weight is 254 g/mol. The van der Waals surface area contributed by atoms with E-state index in [1.807, 2.05) is 25.7 Å². The van der Waals surface area contributed by atoms with Crippen LogP contribution in [-0.4, -0.2) is 54.2 Å². The Morgan fingerprint density at radius 1 is 1.22 bits per heavy atom. The van der Waals surface area contributed by atoms with Crippen molar-refractivity contribution in [2.75, 3.05) is 32.7 Å². The summed E-state index contributed by atoms with van der Waals surface area (Å²) in [5.74, 6) is 0. The predicted octanol–water partition coefficient (Wildman–Crippen LogP) is 2.34. The Morgan fingerprint density at radius 2 is 1.78 bits per heavy atom. The minimum absolute atomic E-state index is 0.149. The van der Waals surface area contributed by atoms with Gasteiger partial charge in [-0.05, 0) is 45.6 Å². The average Bonchev–Trinajstić information content (AvgIpc) is 2.23. The molecule has 1 amide bonds. The molecule has 2 saturated heterocycles. The second kappa shape index (κ2) is 4.72. The molecule has 0 saturated carbocycles. The van der Waals surface area contributed by atoms with E-state index in [1.165, 1.54) is 13.1 Å². The van der Waals surface area contributed by atoms with Crippen LogP contribution in [0.1, 0.15) is 40.5 Å². The van der Waals surface area contributed by atoms with Crippen molar-refractivity contribution in [2.24, 2.45) is 5.41 Å². The minimum atomic E-state index is -0.387. The molecule has 0 atom stereocenters. The van der Waals surface area contributed by atoms with E-state index in [-0.39, 0.29) is 11.7 Å². The van der Waals surface area contributed by atoms with Crippen LogP contribution in [0, 0.1) is 5.41 Å². The van der Waals surface area contributed by atoms with Crippen molar-refractivity contribution in [2.45, 2.75) is 46.1 Å². The van der Waals surface area contributed by atoms with E-state index in [4.69, 9.17) is 4.74 Å². The molecule has 4 heteroatoms. The molecule has 2 fully saturated rings. The first-order valence-electron chi connectivity index (χ1n) is 7.04. The number of carbonyl (C=O) groups excluding carboxylic acids is 1. The van der Waals surface area contributed by atoms with Crippen LogP contribution in [0.3, 0.4) is 0 Å². The standard InChI is InChI=1S/C14H26N2O2/c1-5-15-10-14(11-15)6-8-16(9-7-14)12(17)18-13(2,3)4/h5-11H2,1-4H3. The molecule has 18 heavy (non-hydrogen) atoms. The largest absolute Gasteiger partial charge is 0.444 e. The van der Waals surface area contributed by atoms with Crippen molar-refractivity contribution in [3.63, 3.8) is 0 Å². The summed E-state index contributed by atoms with van der Waals surface area (Å²) >= 11 is 0. The van der Waals surface area contributed by atoms with Crippen LogP contribution >= 0.6 is 0 Å². The number of rotatable bonds is 1. The first-order chi connectivity index (χ1) is 8.34. The fourth-order valence-corrected chi connectivity index (χ4v) is 2.93. The molecular weight excluding hydrogens is 228 g/mol. The van der Waals surface area contributed by atoms with Gasteiger partial charge in [0.1, 0.15) is 5.60 Å². The lowest BCUT2D eigenvalue weighted by atomic mass is 9.72. The maximum absolute atomic E-state index is 11.9. The zero-order chi connectivity index (χ0) is 13.4. The molecule has 2 heterocycles. The van der Waals surface area contributed by atoms with E-state index in [0.717, 1.165) is 32.5 Å². The summed E-state index contributed by atoms with van der Waals surface area (Å²) in [5.41, 5.74) is 0.107. The predicted molar refractivity (Wildman–Crippen MR) is 71.6 cm³/mol. The van der Waals surface area contributed by atoms with Gasteiger partial charge in [-0.2, -0.15) is 0 Å². The van der Waals surface area contributed by atoms with E-state index < -0.39 is 0 Å². The topological polar surface area (TPSA) is 32.8 Å². The van der Waals surface area contributed by atoms with Crippen LogP contribution in [0.4, 0.5) is 4.79 Å². The van der Waals surface area contributed by atoms with Crippen LogP contribution in [0.15, 0.2) is 0 Å². The fourth-order valence-electron chi connectivity index (χ4n) is 2.93. The first-order valence-corrected chi connectivity index (χ1v) is 7.04. The highest BCUT2D eigenvalue weighted by Crippen LogP contribution is 2.40. The molecule has 0 aromatic rings. The number of nitrogens with zero attached hydrogens (tertiary/aromatic N) is 2. The highest BCUT2D eigenvalue weighted by Gasteiger charge is 2.44. The van der Waals surface area contributed by atoms with Crippen molar-refractivity contribution in [3.05, 3.63) is 0 Å². The Hall–Kier alpha value is -0.770. The Kier molecular flexibility index (Phi) is 3.58. The van der Waals surface area contributed by atoms with E-state index >= 15 is 0 Å². The highest BCUT2D eigenvalue weighted by molar-refractivity contribution is 5.68. The highest BCUT2D eigenvalue weighted by atomic mass is 16.6. The number of carbonyl (C=O) groups is 1. The molecule has 1 spiro atoms. The molecule has 2 rings (SSSR count). The van der Waals surface area contributed by atoms with Crippen LogP contribution in [0.2, 0.25) is 0 Å². The first kappa shape index (κ1) is 13.7. The van der Waals surface area contributed by atoms with E-state index in [2.05, 4.69) is 11.8 Å². The number of ether oxygens (including phenoxy) is 1. The molecule has 0 radical (unpaired) electrons. The summed E-state index contributed by atoms with van der Waals surface area (Å²) in [6, 6.07) is 0. The zero-order valence-corrected chi connectivity index (χ0v) is 12.2. The van der Waals surface area contributed by atoms with Crippen molar-refractivity contribution in [1.29, 1.82) is 0 Å². The van der Waals surface area contributed by atoms with E-state index in [0.29, 0.717) is 5.41 Å². The third-order valence-electron chi connectivity index (χ3n) is 4.04. The molecule has 0 bridgehead atoms. The Balaban J connectivity index is 1.79. The maximum atomic E-state index is 11.9. The normalized spacial score (nSPS) is 23.9. The molecule has 2 aliphatic heterocycles. The molecule has 0 unspecified atom stereocenters.